The van der Waals surface area contributed by atoms with Crippen molar-refractivity contribution in [1.82, 2.24) is 0 Å². The third-order valence-corrected chi connectivity index (χ3v) is 3.38. The summed E-state index contributed by atoms with van der Waals surface area (Å²) in [6.07, 6.45) is 0. The van der Waals surface area contributed by atoms with Gasteiger partial charge < -0.3 is 0 Å². The van der Waals surface area contributed by atoms with Gasteiger partial charge in [0.05, 0.1) is 0 Å². The van der Waals surface area contributed by atoms with Gasteiger partial charge in [0, 0.05) is 0 Å². The zero-order valence-electron chi connectivity index (χ0n) is 7.39. The molecular formula is C8H15AsO2. The molecule has 0 aromatic rings. The van der Waals surface area contributed by atoms with Gasteiger partial charge in [-0.2, -0.15) is 0 Å². The molecule has 0 aliphatic rings. The molecule has 0 N–H and O–H groups in total. The van der Waals surface area contributed by atoms with Crippen molar-refractivity contribution in [3.8, 4) is 0 Å². The monoisotopic (exact) mass is 218 g/mol. The first-order valence-corrected chi connectivity index (χ1v) is 8.59. The summed E-state index contributed by atoms with van der Waals surface area (Å²) in [7, 11) is 0. The molecule has 0 spiro atoms. The minimum atomic E-state index is -0.625. The van der Waals surface area contributed by atoms with Crippen LogP contribution in [0.1, 0.15) is 6.92 Å². The molecule has 0 radical (unpaired) electrons. The second-order valence-corrected chi connectivity index (χ2v) is 8.19. The molecule has 0 atom stereocenters. The van der Waals surface area contributed by atoms with Crippen LogP contribution in [0.4, 0.5) is 0 Å². The fraction of sp³-hybridized carbons (Fsp3) is 0.625. The van der Waals surface area contributed by atoms with E-state index >= 15 is 0 Å². The van der Waals surface area contributed by atoms with Crippen molar-refractivity contribution in [2.24, 2.45) is 0 Å². The Labute approximate surface area is 72.9 Å². The third-order valence-electron chi connectivity index (χ3n) is 1.12. The van der Waals surface area contributed by atoms with Gasteiger partial charge in [-0.05, 0) is 0 Å². The van der Waals surface area contributed by atoms with Crippen LogP contribution >= 0.6 is 0 Å². The minimum absolute atomic E-state index is 0.263. The molecule has 0 amide bonds. The summed E-state index contributed by atoms with van der Waals surface area (Å²) in [6.45, 7) is 5.72. The second kappa shape index (κ2) is 5.42. The van der Waals surface area contributed by atoms with E-state index in [4.69, 9.17) is 4.74 Å². The van der Waals surface area contributed by atoms with Crippen LogP contribution in [0.3, 0.4) is 0 Å². The summed E-state index contributed by atoms with van der Waals surface area (Å²) < 4.78 is 4.91. The fourth-order valence-electron chi connectivity index (χ4n) is 0.444. The Bertz CT molecular complexity index is 152. The molecule has 2 nitrogen and oxygen atoms in total. The van der Waals surface area contributed by atoms with Crippen LogP contribution in [0.25, 0.3) is 0 Å². The molecule has 3 heteroatoms. The Morgan fingerprint density at radius 1 is 1.55 bits per heavy atom. The van der Waals surface area contributed by atoms with E-state index in [1.807, 2.05) is 0 Å². The van der Waals surface area contributed by atoms with E-state index in [0.29, 0.717) is 12.2 Å². The van der Waals surface area contributed by atoms with Crippen LogP contribution in [0.15, 0.2) is 12.2 Å². The quantitative estimate of drug-likeness (QED) is 0.409. The predicted octanol–water partition coefficient (Wildman–Crippen LogP) is 1.86. The van der Waals surface area contributed by atoms with Crippen molar-refractivity contribution in [1.29, 1.82) is 0 Å². The first kappa shape index (κ1) is 10.8. The number of hydrogen-bond acceptors (Lipinski definition) is 2. The van der Waals surface area contributed by atoms with Crippen LogP contribution in [0.5, 0.6) is 0 Å². The van der Waals surface area contributed by atoms with E-state index in [1.165, 1.54) is 0 Å². The topological polar surface area (TPSA) is 26.3 Å². The third kappa shape index (κ3) is 6.18. The van der Waals surface area contributed by atoms with Crippen molar-refractivity contribution in [3.05, 3.63) is 12.2 Å². The molecule has 64 valence electrons. The first-order valence-electron chi connectivity index (χ1n) is 3.51. The molecular weight excluding hydrogens is 203 g/mol. The van der Waals surface area contributed by atoms with E-state index < -0.39 is 14.7 Å². The number of esters is 1. The Kier molecular flexibility index (Phi) is 5.31. The van der Waals surface area contributed by atoms with Gasteiger partial charge in [0.2, 0.25) is 0 Å². The van der Waals surface area contributed by atoms with E-state index in [0.717, 1.165) is 5.21 Å². The molecule has 0 saturated carbocycles. The normalized spacial score (nSPS) is 9.82. The van der Waals surface area contributed by atoms with Gasteiger partial charge in [-0.3, -0.25) is 0 Å². The molecule has 0 aliphatic heterocycles. The van der Waals surface area contributed by atoms with Crippen molar-refractivity contribution >= 4 is 20.6 Å². The van der Waals surface area contributed by atoms with Crippen molar-refractivity contribution in [2.45, 2.75) is 23.6 Å². The first-order chi connectivity index (χ1) is 5.04. The SMILES string of the molecule is C=C(C)C(=O)OCC[As](C)C. The van der Waals surface area contributed by atoms with Gasteiger partial charge in [0.1, 0.15) is 0 Å². The number of hydrogen-bond donors (Lipinski definition) is 0. The molecule has 0 aromatic carbocycles. The summed E-state index contributed by atoms with van der Waals surface area (Å²) in [6, 6.07) is 0. The van der Waals surface area contributed by atoms with Gasteiger partial charge in [-0.25, -0.2) is 0 Å². The van der Waals surface area contributed by atoms with E-state index in [1.54, 1.807) is 6.92 Å². The summed E-state index contributed by atoms with van der Waals surface area (Å²) in [5.74, 6) is -0.263. The zero-order chi connectivity index (χ0) is 8.85. The van der Waals surface area contributed by atoms with Crippen LogP contribution < -0.4 is 0 Å². The van der Waals surface area contributed by atoms with Crippen molar-refractivity contribution in [3.63, 3.8) is 0 Å². The molecule has 0 saturated heterocycles. The molecule has 0 unspecified atom stereocenters. The fourth-order valence-corrected chi connectivity index (χ4v) is 1.40. The van der Waals surface area contributed by atoms with E-state index in [-0.39, 0.29) is 5.97 Å². The van der Waals surface area contributed by atoms with E-state index in [2.05, 4.69) is 18.0 Å². The van der Waals surface area contributed by atoms with Crippen LogP contribution in [-0.4, -0.2) is 27.2 Å². The van der Waals surface area contributed by atoms with Crippen LogP contribution in [0.2, 0.25) is 16.6 Å². The standard InChI is InChI=1S/C8H15AsO2/c1-7(2)8(10)11-6-5-9(3)4/h1,5-6H2,2-4H3. The van der Waals surface area contributed by atoms with Gasteiger partial charge in [0.15, 0.2) is 0 Å². The Morgan fingerprint density at radius 2 is 2.09 bits per heavy atom. The van der Waals surface area contributed by atoms with Gasteiger partial charge in [-0.1, -0.05) is 0 Å². The average Bonchev–Trinajstić information content (AvgIpc) is 1.86. The van der Waals surface area contributed by atoms with Crippen molar-refractivity contribution in [2.75, 3.05) is 6.61 Å². The Morgan fingerprint density at radius 3 is 2.45 bits per heavy atom. The molecule has 0 heterocycles. The summed E-state index contributed by atoms with van der Waals surface area (Å²) in [5, 5.41) is 1.06. The molecule has 11 heavy (non-hydrogen) atoms. The number of carbonyl (C=O) groups is 1. The number of ether oxygens (including phenoxy) is 1. The van der Waals surface area contributed by atoms with Gasteiger partial charge in [0.25, 0.3) is 0 Å². The summed E-state index contributed by atoms with van der Waals surface area (Å²) in [5.41, 5.74) is 4.96. The van der Waals surface area contributed by atoms with Crippen LogP contribution in [0, 0.1) is 0 Å². The van der Waals surface area contributed by atoms with Gasteiger partial charge in [-0.15, -0.1) is 0 Å². The van der Waals surface area contributed by atoms with Crippen molar-refractivity contribution < 1.29 is 9.53 Å². The molecule has 0 fully saturated rings. The second-order valence-electron chi connectivity index (χ2n) is 2.72. The summed E-state index contributed by atoms with van der Waals surface area (Å²) >= 11 is -0.625. The molecule has 0 rings (SSSR count). The maximum absolute atomic E-state index is 10.8. The Hall–Kier alpha value is -0.232. The number of carbonyl (C=O) groups excluding carboxylic acids is 1. The number of rotatable bonds is 4. The van der Waals surface area contributed by atoms with E-state index in [9.17, 15) is 4.79 Å². The van der Waals surface area contributed by atoms with Crippen LogP contribution in [-0.2, 0) is 9.53 Å². The molecule has 0 aliphatic carbocycles. The molecule has 0 aromatic heterocycles. The maximum atomic E-state index is 10.8. The van der Waals surface area contributed by atoms with Gasteiger partial charge >= 0.3 is 72.5 Å². The molecule has 0 bridgehead atoms. The zero-order valence-corrected chi connectivity index (χ0v) is 9.26. The summed E-state index contributed by atoms with van der Waals surface area (Å²) in [4.78, 5) is 10.8. The average molecular weight is 218 g/mol. The predicted molar refractivity (Wildman–Crippen MR) is 48.1 cm³/mol. The Balaban J connectivity index is 3.40.